The third-order valence-corrected chi connectivity index (χ3v) is 3.73. The number of nitrogens with zero attached hydrogens (tertiary/aromatic N) is 2. The van der Waals surface area contributed by atoms with Crippen molar-refractivity contribution >= 4 is 12.6 Å². The fraction of sp³-hybridized carbons (Fsp3) is 0.333. The second kappa shape index (κ2) is 8.19. The quantitative estimate of drug-likeness (QED) is 0.598. The van der Waals surface area contributed by atoms with E-state index in [0.717, 1.165) is 11.0 Å². The van der Waals surface area contributed by atoms with E-state index in [4.69, 9.17) is 24.1 Å². The second-order valence-electron chi connectivity index (χ2n) is 6.03. The van der Waals surface area contributed by atoms with Gasteiger partial charge >= 0.3 is 7.12 Å². The van der Waals surface area contributed by atoms with Gasteiger partial charge in [-0.15, -0.1) is 0 Å². The predicted octanol–water partition coefficient (Wildman–Crippen LogP) is 1.77. The van der Waals surface area contributed by atoms with Gasteiger partial charge in [0, 0.05) is 12.3 Å². The van der Waals surface area contributed by atoms with Crippen LogP contribution in [0.3, 0.4) is 0 Å². The van der Waals surface area contributed by atoms with Crippen LogP contribution < -0.4 is 14.9 Å². The lowest BCUT2D eigenvalue weighted by Gasteiger charge is -2.13. The van der Waals surface area contributed by atoms with Crippen LogP contribution >= 0.6 is 0 Å². The summed E-state index contributed by atoms with van der Waals surface area (Å²) in [6, 6.07) is 8.88. The Morgan fingerprint density at radius 2 is 2.19 bits per heavy atom. The average molecular weight is 354 g/mol. The Bertz CT molecular complexity index is 822. The number of hydrogen-bond donors (Lipinski definition) is 1. The fourth-order valence-corrected chi connectivity index (χ4v) is 2.49. The molecule has 0 spiro atoms. The summed E-state index contributed by atoms with van der Waals surface area (Å²) in [6.45, 7) is 4.95. The Morgan fingerprint density at radius 1 is 1.35 bits per heavy atom. The van der Waals surface area contributed by atoms with Crippen LogP contribution in [0.4, 0.5) is 0 Å². The molecule has 0 atom stereocenters. The van der Waals surface area contributed by atoms with E-state index in [1.54, 1.807) is 24.3 Å². The number of aromatic nitrogens is 1. The standard InChI is InChI=1S/C18H19BN2O5/c1-12(2)23-5-6-24-17-7-13(9-20)10-21-18(17)26-15-3-4-16-14(8-15)11-25-19(16)22/h3-4,7-8,10,12,22H,5-6,11H2,1-2H3. The van der Waals surface area contributed by atoms with E-state index in [1.807, 2.05) is 19.9 Å². The van der Waals surface area contributed by atoms with Gasteiger partial charge in [0.2, 0.25) is 0 Å². The molecule has 2 heterocycles. The number of nitriles is 1. The first-order valence-electron chi connectivity index (χ1n) is 8.31. The lowest BCUT2D eigenvalue weighted by Crippen LogP contribution is -2.27. The molecule has 26 heavy (non-hydrogen) atoms. The van der Waals surface area contributed by atoms with Crippen LogP contribution in [0.2, 0.25) is 0 Å². The van der Waals surface area contributed by atoms with Crippen molar-refractivity contribution < 1.29 is 23.9 Å². The van der Waals surface area contributed by atoms with E-state index in [-0.39, 0.29) is 12.0 Å². The predicted molar refractivity (Wildman–Crippen MR) is 94.4 cm³/mol. The van der Waals surface area contributed by atoms with Crippen molar-refractivity contribution in [2.45, 2.75) is 26.6 Å². The van der Waals surface area contributed by atoms with Crippen LogP contribution in [0.25, 0.3) is 0 Å². The van der Waals surface area contributed by atoms with Gasteiger partial charge in [0.1, 0.15) is 18.4 Å². The lowest BCUT2D eigenvalue weighted by atomic mass is 9.80. The molecule has 1 aliphatic rings. The first-order valence-corrected chi connectivity index (χ1v) is 8.31. The minimum absolute atomic E-state index is 0.113. The molecule has 134 valence electrons. The maximum absolute atomic E-state index is 9.69. The van der Waals surface area contributed by atoms with Gasteiger partial charge in [0.05, 0.1) is 24.9 Å². The van der Waals surface area contributed by atoms with Crippen LogP contribution in [0.15, 0.2) is 30.5 Å². The first kappa shape index (κ1) is 18.2. The van der Waals surface area contributed by atoms with Crippen molar-refractivity contribution in [1.82, 2.24) is 4.98 Å². The highest BCUT2D eigenvalue weighted by Crippen LogP contribution is 2.30. The zero-order valence-electron chi connectivity index (χ0n) is 14.6. The summed E-state index contributed by atoms with van der Waals surface area (Å²) in [5.41, 5.74) is 1.96. The van der Waals surface area contributed by atoms with Crippen LogP contribution in [-0.4, -0.2) is 36.4 Å². The molecule has 0 unspecified atom stereocenters. The smallest absolute Gasteiger partial charge is 0.485 e. The second-order valence-corrected chi connectivity index (χ2v) is 6.03. The minimum atomic E-state index is -0.896. The normalized spacial score (nSPS) is 12.8. The van der Waals surface area contributed by atoms with Crippen molar-refractivity contribution in [2.24, 2.45) is 0 Å². The number of pyridine rings is 1. The van der Waals surface area contributed by atoms with E-state index in [1.165, 1.54) is 6.20 Å². The molecule has 0 saturated heterocycles. The van der Waals surface area contributed by atoms with Gasteiger partial charge in [-0.05, 0) is 37.0 Å². The Morgan fingerprint density at radius 3 is 2.96 bits per heavy atom. The van der Waals surface area contributed by atoms with E-state index in [0.29, 0.717) is 36.9 Å². The zero-order valence-corrected chi connectivity index (χ0v) is 14.6. The van der Waals surface area contributed by atoms with E-state index in [9.17, 15) is 5.02 Å². The number of benzene rings is 1. The summed E-state index contributed by atoms with van der Waals surface area (Å²) in [5, 5.41) is 18.8. The number of hydrogen-bond acceptors (Lipinski definition) is 7. The SMILES string of the molecule is CC(C)OCCOc1cc(C#N)cnc1Oc1ccc2c(c1)COB2O. The summed E-state index contributed by atoms with van der Waals surface area (Å²) in [7, 11) is -0.896. The van der Waals surface area contributed by atoms with Crippen molar-refractivity contribution in [3.63, 3.8) is 0 Å². The summed E-state index contributed by atoms with van der Waals surface area (Å²) in [6.07, 6.45) is 1.54. The third kappa shape index (κ3) is 4.32. The number of ether oxygens (including phenoxy) is 3. The summed E-state index contributed by atoms with van der Waals surface area (Å²) < 4.78 is 22.1. The Hall–Kier alpha value is -2.60. The van der Waals surface area contributed by atoms with Crippen LogP contribution in [-0.2, 0) is 16.0 Å². The highest BCUT2D eigenvalue weighted by atomic mass is 16.5. The van der Waals surface area contributed by atoms with Crippen molar-refractivity contribution in [3.8, 4) is 23.4 Å². The molecule has 0 radical (unpaired) electrons. The monoisotopic (exact) mass is 354 g/mol. The molecule has 3 rings (SSSR count). The van der Waals surface area contributed by atoms with E-state index in [2.05, 4.69) is 4.98 Å². The third-order valence-electron chi connectivity index (χ3n) is 3.73. The van der Waals surface area contributed by atoms with Gasteiger partial charge in [-0.2, -0.15) is 5.26 Å². The molecule has 0 saturated carbocycles. The van der Waals surface area contributed by atoms with E-state index < -0.39 is 7.12 Å². The lowest BCUT2D eigenvalue weighted by molar-refractivity contribution is 0.0546. The molecule has 8 heteroatoms. The maximum Gasteiger partial charge on any atom is 0.491 e. The van der Waals surface area contributed by atoms with Gasteiger partial charge < -0.3 is 23.9 Å². The number of rotatable bonds is 7. The van der Waals surface area contributed by atoms with Crippen molar-refractivity contribution in [2.75, 3.05) is 13.2 Å². The van der Waals surface area contributed by atoms with Crippen LogP contribution in [0.1, 0.15) is 25.0 Å². The van der Waals surface area contributed by atoms with Gasteiger partial charge in [-0.3, -0.25) is 0 Å². The zero-order chi connectivity index (χ0) is 18.5. The molecule has 0 bridgehead atoms. The highest BCUT2D eigenvalue weighted by Gasteiger charge is 2.27. The molecular formula is C18H19BN2O5. The molecule has 1 N–H and O–H groups in total. The molecule has 1 aromatic heterocycles. The Kier molecular flexibility index (Phi) is 5.73. The Balaban J connectivity index is 1.75. The van der Waals surface area contributed by atoms with Crippen LogP contribution in [0, 0.1) is 11.3 Å². The topological polar surface area (TPSA) is 93.8 Å². The number of fused-ring (bicyclic) bond motifs is 1. The van der Waals surface area contributed by atoms with E-state index >= 15 is 0 Å². The van der Waals surface area contributed by atoms with Crippen molar-refractivity contribution in [3.05, 3.63) is 41.6 Å². The summed E-state index contributed by atoms with van der Waals surface area (Å²) in [5.74, 6) is 1.17. The summed E-state index contributed by atoms with van der Waals surface area (Å²) in [4.78, 5) is 4.18. The molecule has 1 aromatic carbocycles. The average Bonchev–Trinajstić information content (AvgIpc) is 3.00. The van der Waals surface area contributed by atoms with Crippen molar-refractivity contribution in [1.29, 1.82) is 5.26 Å². The minimum Gasteiger partial charge on any atom is -0.485 e. The summed E-state index contributed by atoms with van der Waals surface area (Å²) >= 11 is 0. The first-order chi connectivity index (χ1) is 12.6. The molecular weight excluding hydrogens is 335 g/mol. The molecule has 2 aromatic rings. The van der Waals surface area contributed by atoms with Gasteiger partial charge in [0.25, 0.3) is 5.88 Å². The molecule has 0 amide bonds. The van der Waals surface area contributed by atoms with Gasteiger partial charge in [-0.1, -0.05) is 6.07 Å². The Labute approximate surface area is 152 Å². The molecule has 7 nitrogen and oxygen atoms in total. The molecule has 0 fully saturated rings. The molecule has 0 aliphatic carbocycles. The van der Waals surface area contributed by atoms with Crippen LogP contribution in [0.5, 0.6) is 17.4 Å². The maximum atomic E-state index is 9.69. The largest absolute Gasteiger partial charge is 0.491 e. The van der Waals surface area contributed by atoms with Gasteiger partial charge in [0.15, 0.2) is 5.75 Å². The van der Waals surface area contributed by atoms with Gasteiger partial charge in [-0.25, -0.2) is 4.98 Å². The highest BCUT2D eigenvalue weighted by molar-refractivity contribution is 6.61. The fourth-order valence-electron chi connectivity index (χ4n) is 2.49. The molecule has 1 aliphatic heterocycles.